The number of rotatable bonds is 5. The van der Waals surface area contributed by atoms with Crippen molar-refractivity contribution >= 4 is 33.2 Å². The highest BCUT2D eigenvalue weighted by Gasteiger charge is 2.26. The topological polar surface area (TPSA) is 113 Å². The Bertz CT molecular complexity index is 1500. The highest BCUT2D eigenvalue weighted by molar-refractivity contribution is 7.92. The monoisotopic (exact) mass is 495 g/mol. The van der Waals surface area contributed by atoms with Gasteiger partial charge in [0.2, 0.25) is 0 Å². The van der Waals surface area contributed by atoms with Crippen LogP contribution in [0.5, 0.6) is 0 Å². The van der Waals surface area contributed by atoms with Crippen molar-refractivity contribution in [2.75, 3.05) is 35.8 Å². The molecule has 12 heteroatoms. The van der Waals surface area contributed by atoms with E-state index in [1.165, 1.54) is 24.5 Å². The molecule has 180 valence electrons. The van der Waals surface area contributed by atoms with E-state index in [0.29, 0.717) is 32.0 Å². The summed E-state index contributed by atoms with van der Waals surface area (Å²) >= 11 is 0. The van der Waals surface area contributed by atoms with Gasteiger partial charge in [0.25, 0.3) is 21.7 Å². The van der Waals surface area contributed by atoms with Crippen molar-refractivity contribution in [1.29, 1.82) is 0 Å². The number of carbonyl (C=O) groups is 1. The largest absolute Gasteiger partial charge is 0.353 e. The quantitative estimate of drug-likeness (QED) is 0.452. The maximum Gasteiger partial charge on any atom is 0.261 e. The van der Waals surface area contributed by atoms with Crippen LogP contribution >= 0.6 is 0 Å². The van der Waals surface area contributed by atoms with Crippen LogP contribution in [-0.2, 0) is 10.0 Å². The average molecular weight is 496 g/mol. The minimum atomic E-state index is -4.00. The van der Waals surface area contributed by atoms with Gasteiger partial charge in [0.1, 0.15) is 18.0 Å². The molecule has 0 bridgehead atoms. The Hall–Kier alpha value is -4.06. The lowest BCUT2D eigenvalue weighted by Crippen LogP contribution is -2.49. The van der Waals surface area contributed by atoms with E-state index >= 15 is 0 Å². The molecule has 1 amide bonds. The molecule has 0 atom stereocenters. The molecule has 0 unspecified atom stereocenters. The minimum Gasteiger partial charge on any atom is -0.353 e. The molecule has 2 aromatic heterocycles. The van der Waals surface area contributed by atoms with Crippen LogP contribution in [0, 0.1) is 12.7 Å². The summed E-state index contributed by atoms with van der Waals surface area (Å²) in [6.07, 6.45) is 1.45. The second-order valence-electron chi connectivity index (χ2n) is 8.11. The summed E-state index contributed by atoms with van der Waals surface area (Å²) in [7, 11) is -4.00. The Morgan fingerprint density at radius 1 is 1.03 bits per heavy atom. The summed E-state index contributed by atoms with van der Waals surface area (Å²) in [6.45, 7) is 3.90. The van der Waals surface area contributed by atoms with E-state index in [1.807, 2.05) is 13.0 Å². The van der Waals surface area contributed by atoms with Crippen LogP contribution in [0.25, 0.3) is 5.78 Å². The number of nitrogens with one attached hydrogen (secondary N) is 1. The molecule has 4 aromatic rings. The van der Waals surface area contributed by atoms with Gasteiger partial charge in [-0.15, -0.1) is 0 Å². The normalized spacial score (nSPS) is 14.3. The number of sulfonamides is 1. The fourth-order valence-electron chi connectivity index (χ4n) is 4.02. The highest BCUT2D eigenvalue weighted by Crippen LogP contribution is 2.24. The lowest BCUT2D eigenvalue weighted by atomic mass is 10.1. The number of carbonyl (C=O) groups excluding carboxylic acids is 1. The summed E-state index contributed by atoms with van der Waals surface area (Å²) < 4.78 is 42.9. The van der Waals surface area contributed by atoms with Gasteiger partial charge >= 0.3 is 0 Å². The molecule has 1 saturated heterocycles. The molecular formula is C23H22FN7O3S. The first kappa shape index (κ1) is 22.7. The van der Waals surface area contributed by atoms with E-state index in [2.05, 4.69) is 24.7 Å². The molecule has 0 aliphatic carbocycles. The van der Waals surface area contributed by atoms with Crippen molar-refractivity contribution in [3.05, 3.63) is 78.0 Å². The maximum absolute atomic E-state index is 13.3. The third kappa shape index (κ3) is 4.52. The van der Waals surface area contributed by atoms with Gasteiger partial charge in [-0.05, 0) is 43.3 Å². The van der Waals surface area contributed by atoms with Gasteiger partial charge < -0.3 is 9.80 Å². The fourth-order valence-corrected chi connectivity index (χ4v) is 5.10. The lowest BCUT2D eigenvalue weighted by Gasteiger charge is -2.36. The van der Waals surface area contributed by atoms with Crippen LogP contribution in [-0.4, -0.2) is 65.0 Å². The van der Waals surface area contributed by atoms with Crippen molar-refractivity contribution in [2.24, 2.45) is 0 Å². The van der Waals surface area contributed by atoms with Crippen molar-refractivity contribution in [2.45, 2.75) is 11.8 Å². The second-order valence-corrected chi connectivity index (χ2v) is 9.79. The van der Waals surface area contributed by atoms with E-state index in [1.54, 1.807) is 27.6 Å². The van der Waals surface area contributed by atoms with Gasteiger partial charge in [-0.3, -0.25) is 9.52 Å². The molecule has 5 rings (SSSR count). The van der Waals surface area contributed by atoms with Gasteiger partial charge in [0, 0.05) is 37.9 Å². The summed E-state index contributed by atoms with van der Waals surface area (Å²) in [5.74, 6) is 0.550. The van der Waals surface area contributed by atoms with Gasteiger partial charge in [-0.2, -0.15) is 14.6 Å². The number of fused-ring (bicyclic) bond motifs is 1. The van der Waals surface area contributed by atoms with Crippen LogP contribution in [0.15, 0.2) is 65.8 Å². The maximum atomic E-state index is 13.3. The molecule has 2 aromatic carbocycles. The van der Waals surface area contributed by atoms with Crippen molar-refractivity contribution < 1.29 is 17.6 Å². The first-order valence-electron chi connectivity index (χ1n) is 10.9. The average Bonchev–Trinajstić information content (AvgIpc) is 3.32. The summed E-state index contributed by atoms with van der Waals surface area (Å²) in [5.41, 5.74) is 1.23. The highest BCUT2D eigenvalue weighted by atomic mass is 32.2. The van der Waals surface area contributed by atoms with Crippen LogP contribution in [0.4, 0.5) is 15.9 Å². The zero-order chi connectivity index (χ0) is 24.6. The zero-order valence-corrected chi connectivity index (χ0v) is 19.6. The predicted molar refractivity (Wildman–Crippen MR) is 127 cm³/mol. The standard InChI is InChI=1S/C23H22FN7O3S/c1-16-14-21(31-23(27-16)25-15-26-31)29-10-12-30(13-11-29)22(32)19-4-2-3-5-20(19)28-35(33,34)18-8-6-17(24)7-9-18/h2-9,14-15,28H,10-13H2,1H3. The molecule has 1 aliphatic heterocycles. The Labute approximate surface area is 201 Å². The number of hydrogen-bond donors (Lipinski definition) is 1. The Balaban J connectivity index is 1.33. The van der Waals surface area contributed by atoms with E-state index in [9.17, 15) is 17.6 Å². The number of halogens is 1. The number of aromatic nitrogens is 4. The number of hydrogen-bond acceptors (Lipinski definition) is 7. The zero-order valence-electron chi connectivity index (χ0n) is 18.8. The molecule has 1 fully saturated rings. The minimum absolute atomic E-state index is 0.0955. The number of anilines is 2. The molecule has 1 aliphatic rings. The summed E-state index contributed by atoms with van der Waals surface area (Å²) in [6, 6.07) is 12.9. The smallest absolute Gasteiger partial charge is 0.261 e. The van der Waals surface area contributed by atoms with Gasteiger partial charge in [0.15, 0.2) is 0 Å². The van der Waals surface area contributed by atoms with E-state index < -0.39 is 15.8 Å². The van der Waals surface area contributed by atoms with Gasteiger partial charge in [-0.1, -0.05) is 12.1 Å². The molecule has 1 N–H and O–H groups in total. The Kier molecular flexibility index (Phi) is 5.81. The van der Waals surface area contributed by atoms with E-state index in [-0.39, 0.29) is 22.1 Å². The third-order valence-corrected chi connectivity index (χ3v) is 7.16. The second kappa shape index (κ2) is 8.95. The van der Waals surface area contributed by atoms with Gasteiger partial charge in [0.05, 0.1) is 16.1 Å². The summed E-state index contributed by atoms with van der Waals surface area (Å²) in [4.78, 5) is 25.6. The van der Waals surface area contributed by atoms with Crippen molar-refractivity contribution in [1.82, 2.24) is 24.5 Å². The van der Waals surface area contributed by atoms with Crippen LogP contribution in [0.2, 0.25) is 0 Å². The molecule has 3 heterocycles. The molecule has 0 spiro atoms. The van der Waals surface area contributed by atoms with Crippen LogP contribution < -0.4 is 9.62 Å². The molecular weight excluding hydrogens is 473 g/mol. The summed E-state index contributed by atoms with van der Waals surface area (Å²) in [5, 5.41) is 4.25. The number of para-hydroxylation sites is 1. The molecule has 0 radical (unpaired) electrons. The Morgan fingerprint density at radius 3 is 2.49 bits per heavy atom. The predicted octanol–water partition coefficient (Wildman–Crippen LogP) is 2.34. The number of aryl methyl sites for hydroxylation is 1. The number of amides is 1. The first-order chi connectivity index (χ1) is 16.8. The number of nitrogens with zero attached hydrogens (tertiary/aromatic N) is 6. The van der Waals surface area contributed by atoms with Crippen molar-refractivity contribution in [3.63, 3.8) is 0 Å². The third-order valence-electron chi connectivity index (χ3n) is 5.78. The first-order valence-corrected chi connectivity index (χ1v) is 12.4. The molecule has 35 heavy (non-hydrogen) atoms. The van der Waals surface area contributed by atoms with E-state index in [4.69, 9.17) is 0 Å². The molecule has 0 saturated carbocycles. The Morgan fingerprint density at radius 2 is 1.74 bits per heavy atom. The number of piperazine rings is 1. The van der Waals surface area contributed by atoms with Crippen LogP contribution in [0.1, 0.15) is 16.1 Å². The molecule has 10 nitrogen and oxygen atoms in total. The van der Waals surface area contributed by atoms with Crippen LogP contribution in [0.3, 0.4) is 0 Å². The van der Waals surface area contributed by atoms with Crippen molar-refractivity contribution in [3.8, 4) is 0 Å². The van der Waals surface area contributed by atoms with Gasteiger partial charge in [-0.25, -0.2) is 17.8 Å². The fraction of sp³-hybridized carbons (Fsp3) is 0.217. The lowest BCUT2D eigenvalue weighted by molar-refractivity contribution is 0.0747. The van der Waals surface area contributed by atoms with E-state index in [0.717, 1.165) is 23.6 Å². The number of benzene rings is 2. The SMILES string of the molecule is Cc1cc(N2CCN(C(=O)c3ccccc3NS(=O)(=O)c3ccc(F)cc3)CC2)n2ncnc2n1.